The lowest BCUT2D eigenvalue weighted by atomic mass is 9.93. The number of benzene rings is 1. The van der Waals surface area contributed by atoms with Crippen molar-refractivity contribution >= 4 is 15.8 Å². The van der Waals surface area contributed by atoms with E-state index in [9.17, 15) is 18.5 Å². The van der Waals surface area contributed by atoms with Gasteiger partial charge in [-0.25, -0.2) is 8.42 Å². The van der Waals surface area contributed by atoms with Gasteiger partial charge in [-0.15, -0.1) is 0 Å². The Morgan fingerprint density at radius 3 is 2.35 bits per heavy atom. The van der Waals surface area contributed by atoms with Crippen LogP contribution in [0.25, 0.3) is 0 Å². The summed E-state index contributed by atoms with van der Waals surface area (Å²) in [5.74, 6) is -0.924. The molecule has 0 heterocycles. The second kappa shape index (κ2) is 6.53. The molecule has 1 atom stereocenters. The summed E-state index contributed by atoms with van der Waals surface area (Å²) in [6.45, 7) is 0. The number of carboxylic acids is 1. The minimum absolute atomic E-state index is 0.0277. The minimum Gasteiger partial charge on any atom is -0.481 e. The van der Waals surface area contributed by atoms with Gasteiger partial charge in [0.1, 0.15) is 0 Å². The first kappa shape index (κ1) is 16.2. The molecule has 108 valence electrons. The molecular weight excluding hydrogens is 278 g/mol. The van der Waals surface area contributed by atoms with E-state index in [1.807, 2.05) is 6.07 Å². The molecule has 6 heteroatoms. The van der Waals surface area contributed by atoms with Crippen LogP contribution in [0.15, 0.2) is 30.3 Å². The summed E-state index contributed by atoms with van der Waals surface area (Å²) in [5, 5.41) is 18.0. The zero-order chi connectivity index (χ0) is 15.2. The van der Waals surface area contributed by atoms with E-state index in [0.29, 0.717) is 18.4 Å². The standard InChI is InChI=1S/C14H17NO4S/c1-20(18,19)14(11-15,10-6-5-9-13(16)17)12-7-3-2-4-8-12/h2-4,7-8H,5-6,9-10H2,1H3,(H,16,17). The third kappa shape index (κ3) is 3.58. The maximum Gasteiger partial charge on any atom is 0.303 e. The van der Waals surface area contributed by atoms with Crippen molar-refractivity contribution in [1.82, 2.24) is 0 Å². The second-order valence-corrected chi connectivity index (χ2v) is 6.92. The summed E-state index contributed by atoms with van der Waals surface area (Å²) < 4.78 is 22.5. The van der Waals surface area contributed by atoms with Gasteiger partial charge in [0.2, 0.25) is 0 Å². The predicted molar refractivity (Wildman–Crippen MR) is 74.7 cm³/mol. The lowest BCUT2D eigenvalue weighted by molar-refractivity contribution is -0.137. The van der Waals surface area contributed by atoms with Crippen molar-refractivity contribution in [3.63, 3.8) is 0 Å². The lowest BCUT2D eigenvalue weighted by Crippen LogP contribution is -2.33. The fourth-order valence-electron chi connectivity index (χ4n) is 2.10. The van der Waals surface area contributed by atoms with Gasteiger partial charge in [0, 0.05) is 12.7 Å². The Kier molecular flexibility index (Phi) is 5.28. The van der Waals surface area contributed by atoms with Crippen molar-refractivity contribution in [3.05, 3.63) is 35.9 Å². The smallest absolute Gasteiger partial charge is 0.303 e. The van der Waals surface area contributed by atoms with Crippen LogP contribution in [0.2, 0.25) is 0 Å². The van der Waals surface area contributed by atoms with E-state index in [4.69, 9.17) is 5.11 Å². The van der Waals surface area contributed by atoms with Gasteiger partial charge in [-0.2, -0.15) is 5.26 Å². The number of nitrogens with zero attached hydrogens (tertiary/aromatic N) is 1. The molecule has 1 rings (SSSR count). The highest BCUT2D eigenvalue weighted by molar-refractivity contribution is 7.91. The Bertz CT molecular complexity index is 604. The largest absolute Gasteiger partial charge is 0.481 e. The van der Waals surface area contributed by atoms with E-state index in [2.05, 4.69) is 0 Å². The normalized spacial score (nSPS) is 14.2. The molecule has 0 amide bonds. The van der Waals surface area contributed by atoms with Crippen LogP contribution >= 0.6 is 0 Å². The third-order valence-corrected chi connectivity index (χ3v) is 5.02. The minimum atomic E-state index is -3.64. The summed E-state index contributed by atoms with van der Waals surface area (Å²) in [6.07, 6.45) is 1.82. The first-order valence-electron chi connectivity index (χ1n) is 6.21. The van der Waals surface area contributed by atoms with Gasteiger partial charge in [0.25, 0.3) is 0 Å². The number of sulfone groups is 1. The Balaban J connectivity index is 3.04. The molecular formula is C14H17NO4S. The molecule has 0 aromatic heterocycles. The van der Waals surface area contributed by atoms with Crippen molar-refractivity contribution in [1.29, 1.82) is 5.26 Å². The van der Waals surface area contributed by atoms with Crippen molar-refractivity contribution in [2.45, 2.75) is 30.4 Å². The Labute approximate surface area is 118 Å². The van der Waals surface area contributed by atoms with E-state index in [0.717, 1.165) is 6.26 Å². The van der Waals surface area contributed by atoms with Crippen LogP contribution < -0.4 is 0 Å². The topological polar surface area (TPSA) is 95.2 Å². The van der Waals surface area contributed by atoms with Gasteiger partial charge in [-0.05, 0) is 24.8 Å². The molecule has 0 aliphatic heterocycles. The first-order valence-corrected chi connectivity index (χ1v) is 8.11. The van der Waals surface area contributed by atoms with Crippen LogP contribution in [0.3, 0.4) is 0 Å². The highest BCUT2D eigenvalue weighted by Gasteiger charge is 2.42. The van der Waals surface area contributed by atoms with E-state index in [1.54, 1.807) is 30.3 Å². The van der Waals surface area contributed by atoms with Crippen LogP contribution in [0.4, 0.5) is 0 Å². The molecule has 0 radical (unpaired) electrons. The molecule has 1 unspecified atom stereocenters. The highest BCUT2D eigenvalue weighted by Crippen LogP contribution is 2.34. The first-order chi connectivity index (χ1) is 9.33. The Hall–Kier alpha value is -1.87. The lowest BCUT2D eigenvalue weighted by Gasteiger charge is -2.25. The number of rotatable bonds is 7. The molecule has 0 aliphatic carbocycles. The summed E-state index contributed by atoms with van der Waals surface area (Å²) >= 11 is 0. The summed E-state index contributed by atoms with van der Waals surface area (Å²) in [5.41, 5.74) is 0.431. The number of aliphatic carboxylic acids is 1. The van der Waals surface area contributed by atoms with E-state index in [-0.39, 0.29) is 12.8 Å². The summed E-state index contributed by atoms with van der Waals surface area (Å²) in [4.78, 5) is 10.5. The van der Waals surface area contributed by atoms with Crippen LogP contribution in [0.1, 0.15) is 31.2 Å². The average molecular weight is 295 g/mol. The van der Waals surface area contributed by atoms with Crippen molar-refractivity contribution < 1.29 is 18.3 Å². The number of carboxylic acid groups (broad SMARTS) is 1. The Morgan fingerprint density at radius 2 is 1.90 bits per heavy atom. The summed E-state index contributed by atoms with van der Waals surface area (Å²) in [6, 6.07) is 10.3. The van der Waals surface area contributed by atoms with Gasteiger partial charge in [-0.1, -0.05) is 30.3 Å². The zero-order valence-electron chi connectivity index (χ0n) is 11.2. The Morgan fingerprint density at radius 1 is 1.30 bits per heavy atom. The van der Waals surface area contributed by atoms with Crippen molar-refractivity contribution in [2.24, 2.45) is 0 Å². The summed E-state index contributed by atoms with van der Waals surface area (Å²) in [7, 11) is -3.64. The molecule has 0 bridgehead atoms. The van der Waals surface area contributed by atoms with Gasteiger partial charge in [0.05, 0.1) is 6.07 Å². The molecule has 0 aliphatic rings. The number of nitriles is 1. The van der Waals surface area contributed by atoms with Crippen LogP contribution in [0.5, 0.6) is 0 Å². The molecule has 0 saturated carbocycles. The molecule has 0 spiro atoms. The maximum atomic E-state index is 12.1. The molecule has 0 fully saturated rings. The van der Waals surface area contributed by atoms with Crippen LogP contribution in [0, 0.1) is 11.3 Å². The SMILES string of the molecule is CS(=O)(=O)C(C#N)(CCCCC(=O)O)c1ccccc1. The number of carbonyl (C=O) groups is 1. The molecule has 1 aromatic carbocycles. The maximum absolute atomic E-state index is 12.1. The molecule has 20 heavy (non-hydrogen) atoms. The van der Waals surface area contributed by atoms with E-state index in [1.165, 1.54) is 0 Å². The monoisotopic (exact) mass is 295 g/mol. The number of hydrogen-bond donors (Lipinski definition) is 1. The highest BCUT2D eigenvalue weighted by atomic mass is 32.2. The van der Waals surface area contributed by atoms with Crippen LogP contribution in [-0.4, -0.2) is 25.7 Å². The van der Waals surface area contributed by atoms with Gasteiger partial charge >= 0.3 is 5.97 Å². The molecule has 5 nitrogen and oxygen atoms in total. The predicted octanol–water partition coefficient (Wildman–Crippen LogP) is 2.10. The van der Waals surface area contributed by atoms with Crippen molar-refractivity contribution in [2.75, 3.05) is 6.26 Å². The third-order valence-electron chi connectivity index (χ3n) is 3.22. The number of hydrogen-bond acceptors (Lipinski definition) is 4. The quantitative estimate of drug-likeness (QED) is 0.777. The van der Waals surface area contributed by atoms with Gasteiger partial charge < -0.3 is 5.11 Å². The molecule has 0 saturated heterocycles. The second-order valence-electron chi connectivity index (χ2n) is 4.68. The molecule has 1 aromatic rings. The average Bonchev–Trinajstić information content (AvgIpc) is 2.38. The van der Waals surface area contributed by atoms with E-state index < -0.39 is 20.6 Å². The number of unbranched alkanes of at least 4 members (excludes halogenated alkanes) is 1. The fraction of sp³-hybridized carbons (Fsp3) is 0.429. The van der Waals surface area contributed by atoms with Gasteiger partial charge in [-0.3, -0.25) is 4.79 Å². The van der Waals surface area contributed by atoms with Gasteiger partial charge in [0.15, 0.2) is 14.6 Å². The van der Waals surface area contributed by atoms with E-state index >= 15 is 0 Å². The van der Waals surface area contributed by atoms with Crippen molar-refractivity contribution in [3.8, 4) is 6.07 Å². The zero-order valence-corrected chi connectivity index (χ0v) is 12.1. The fourth-order valence-corrected chi connectivity index (χ4v) is 3.35. The van der Waals surface area contributed by atoms with Crippen LogP contribution in [-0.2, 0) is 19.4 Å². The molecule has 1 N–H and O–H groups in total.